The molecule has 3 heterocycles. The SMILES string of the molecule is Cc1c(-c2ccccc2Cl)nc2sc(N3CCC4(CC3)Cc3ccccc3[C@H]4N)nn12. The summed E-state index contributed by atoms with van der Waals surface area (Å²) >= 11 is 8.05. The molecule has 2 aliphatic rings. The summed E-state index contributed by atoms with van der Waals surface area (Å²) in [5.74, 6) is 0. The van der Waals surface area contributed by atoms with Crippen molar-refractivity contribution in [2.45, 2.75) is 32.2 Å². The number of hydrogen-bond donors (Lipinski definition) is 1. The minimum absolute atomic E-state index is 0.139. The zero-order chi connectivity index (χ0) is 21.2. The lowest BCUT2D eigenvalue weighted by molar-refractivity contribution is 0.187. The summed E-state index contributed by atoms with van der Waals surface area (Å²) in [7, 11) is 0. The molecule has 7 heteroatoms. The Morgan fingerprint density at radius 3 is 2.58 bits per heavy atom. The first-order valence-corrected chi connectivity index (χ1v) is 11.9. The highest BCUT2D eigenvalue weighted by molar-refractivity contribution is 7.20. The standard InChI is InChI=1S/C24H24ClN5S/c1-15-20(18-8-4-5-9-19(18)25)27-22-30(15)28-23(31-22)29-12-10-24(11-13-29)14-16-6-2-3-7-17(16)21(24)26/h2-9,21H,10-14,26H2,1H3/t21-/m1/s1. The van der Waals surface area contributed by atoms with Gasteiger partial charge in [-0.1, -0.05) is 65.4 Å². The third-order valence-corrected chi connectivity index (χ3v) is 8.47. The van der Waals surface area contributed by atoms with Gasteiger partial charge in [-0.25, -0.2) is 9.50 Å². The van der Waals surface area contributed by atoms with Crippen molar-refractivity contribution in [2.24, 2.45) is 11.1 Å². The molecule has 1 saturated heterocycles. The van der Waals surface area contributed by atoms with E-state index in [1.165, 1.54) is 11.1 Å². The van der Waals surface area contributed by atoms with Crippen LogP contribution in [0.1, 0.15) is 35.7 Å². The minimum Gasteiger partial charge on any atom is -0.347 e. The summed E-state index contributed by atoms with van der Waals surface area (Å²) < 4.78 is 1.96. The van der Waals surface area contributed by atoms with Crippen LogP contribution in [0.25, 0.3) is 16.2 Å². The van der Waals surface area contributed by atoms with Gasteiger partial charge in [0.25, 0.3) is 0 Å². The molecule has 0 bridgehead atoms. The largest absolute Gasteiger partial charge is 0.347 e. The average molecular weight is 450 g/mol. The minimum atomic E-state index is 0.139. The lowest BCUT2D eigenvalue weighted by Crippen LogP contribution is -2.44. The summed E-state index contributed by atoms with van der Waals surface area (Å²) in [4.78, 5) is 8.16. The number of nitrogens with zero attached hydrogens (tertiary/aromatic N) is 4. The van der Waals surface area contributed by atoms with E-state index in [9.17, 15) is 0 Å². The van der Waals surface area contributed by atoms with Crippen LogP contribution in [0.5, 0.6) is 0 Å². The first-order valence-electron chi connectivity index (χ1n) is 10.8. The summed E-state index contributed by atoms with van der Waals surface area (Å²) in [6.07, 6.45) is 3.28. The van der Waals surface area contributed by atoms with Crippen LogP contribution in [0, 0.1) is 12.3 Å². The fourth-order valence-electron chi connectivity index (χ4n) is 5.32. The lowest BCUT2D eigenvalue weighted by atomic mass is 9.73. The fraction of sp³-hybridized carbons (Fsp3) is 0.333. The number of rotatable bonds is 2. The van der Waals surface area contributed by atoms with Gasteiger partial charge in [0.2, 0.25) is 10.1 Å². The topological polar surface area (TPSA) is 59.5 Å². The maximum absolute atomic E-state index is 6.73. The monoisotopic (exact) mass is 449 g/mol. The summed E-state index contributed by atoms with van der Waals surface area (Å²) in [6.45, 7) is 4.02. The number of fused-ring (bicyclic) bond motifs is 2. The molecule has 158 valence electrons. The molecule has 2 N–H and O–H groups in total. The molecule has 1 aliphatic heterocycles. The third-order valence-electron chi connectivity index (χ3n) is 7.17. The summed E-state index contributed by atoms with van der Waals surface area (Å²) in [5, 5.41) is 6.66. The van der Waals surface area contributed by atoms with Crippen molar-refractivity contribution in [3.63, 3.8) is 0 Å². The van der Waals surface area contributed by atoms with Crippen LogP contribution >= 0.6 is 22.9 Å². The molecule has 0 amide bonds. The normalized spacial score (nSPS) is 20.0. The second kappa shape index (κ2) is 7.05. The Morgan fingerprint density at radius 2 is 1.84 bits per heavy atom. The first kappa shape index (κ1) is 19.3. The zero-order valence-corrected chi connectivity index (χ0v) is 19.0. The molecule has 4 aromatic rings. The Labute approximate surface area is 190 Å². The van der Waals surface area contributed by atoms with Crippen molar-refractivity contribution >= 4 is 33.0 Å². The van der Waals surface area contributed by atoms with Crippen LogP contribution in [-0.4, -0.2) is 27.7 Å². The molecule has 0 saturated carbocycles. The molecule has 2 aromatic heterocycles. The quantitative estimate of drug-likeness (QED) is 0.453. The average Bonchev–Trinajstić information content (AvgIpc) is 3.42. The van der Waals surface area contributed by atoms with Crippen molar-refractivity contribution in [3.8, 4) is 11.3 Å². The molecular formula is C24H24ClN5S. The summed E-state index contributed by atoms with van der Waals surface area (Å²) in [6, 6.07) is 16.7. The molecule has 31 heavy (non-hydrogen) atoms. The van der Waals surface area contributed by atoms with E-state index in [1.807, 2.05) is 28.8 Å². The van der Waals surface area contributed by atoms with Crippen molar-refractivity contribution in [2.75, 3.05) is 18.0 Å². The predicted octanol–water partition coefficient (Wildman–Crippen LogP) is 5.26. The van der Waals surface area contributed by atoms with E-state index in [4.69, 9.17) is 27.4 Å². The van der Waals surface area contributed by atoms with Gasteiger partial charge in [0.1, 0.15) is 0 Å². The number of piperidine rings is 1. The summed E-state index contributed by atoms with van der Waals surface area (Å²) in [5.41, 5.74) is 12.6. The van der Waals surface area contributed by atoms with Crippen molar-refractivity contribution in [1.29, 1.82) is 0 Å². The Balaban J connectivity index is 1.24. The van der Waals surface area contributed by atoms with Gasteiger partial charge < -0.3 is 10.6 Å². The van der Waals surface area contributed by atoms with Gasteiger partial charge in [-0.2, -0.15) is 0 Å². The smallest absolute Gasteiger partial charge is 0.214 e. The van der Waals surface area contributed by atoms with Crippen LogP contribution in [0.2, 0.25) is 5.02 Å². The Kier molecular flexibility index (Phi) is 4.39. The number of imidazole rings is 1. The van der Waals surface area contributed by atoms with Crippen LogP contribution in [0.4, 0.5) is 5.13 Å². The molecule has 1 aliphatic carbocycles. The zero-order valence-electron chi connectivity index (χ0n) is 17.4. The van der Waals surface area contributed by atoms with E-state index in [0.717, 1.165) is 59.4 Å². The molecular weight excluding hydrogens is 426 g/mol. The number of halogens is 1. The highest BCUT2D eigenvalue weighted by atomic mass is 35.5. The van der Waals surface area contributed by atoms with Crippen LogP contribution in [0.15, 0.2) is 48.5 Å². The van der Waals surface area contributed by atoms with E-state index in [1.54, 1.807) is 11.3 Å². The van der Waals surface area contributed by atoms with Gasteiger partial charge in [-0.3, -0.25) is 0 Å². The van der Waals surface area contributed by atoms with Gasteiger partial charge in [0.15, 0.2) is 0 Å². The second-order valence-electron chi connectivity index (χ2n) is 8.81. The highest BCUT2D eigenvalue weighted by Gasteiger charge is 2.46. The van der Waals surface area contributed by atoms with Gasteiger partial charge in [0.05, 0.1) is 16.4 Å². The Hall–Kier alpha value is -2.41. The fourth-order valence-corrected chi connectivity index (χ4v) is 6.55. The number of aryl methyl sites for hydroxylation is 1. The highest BCUT2D eigenvalue weighted by Crippen LogP contribution is 2.51. The van der Waals surface area contributed by atoms with Crippen LogP contribution < -0.4 is 10.6 Å². The second-order valence-corrected chi connectivity index (χ2v) is 10.1. The van der Waals surface area contributed by atoms with Gasteiger partial charge >= 0.3 is 0 Å². The van der Waals surface area contributed by atoms with Crippen LogP contribution in [-0.2, 0) is 6.42 Å². The number of anilines is 1. The molecule has 0 radical (unpaired) electrons. The van der Waals surface area contributed by atoms with Gasteiger partial charge in [0, 0.05) is 24.7 Å². The van der Waals surface area contributed by atoms with E-state index in [0.29, 0.717) is 5.02 Å². The molecule has 2 aromatic carbocycles. The first-order chi connectivity index (χ1) is 15.1. The van der Waals surface area contributed by atoms with E-state index in [2.05, 4.69) is 36.1 Å². The van der Waals surface area contributed by atoms with E-state index < -0.39 is 0 Å². The lowest BCUT2D eigenvalue weighted by Gasteiger charge is -2.42. The molecule has 5 nitrogen and oxygen atoms in total. The van der Waals surface area contributed by atoms with Crippen molar-refractivity contribution < 1.29 is 0 Å². The maximum Gasteiger partial charge on any atom is 0.214 e. The van der Waals surface area contributed by atoms with Crippen LogP contribution in [0.3, 0.4) is 0 Å². The number of benzene rings is 2. The van der Waals surface area contributed by atoms with Crippen molar-refractivity contribution in [3.05, 3.63) is 70.4 Å². The number of aromatic nitrogens is 3. The van der Waals surface area contributed by atoms with Gasteiger partial charge in [-0.05, 0) is 48.8 Å². The molecule has 1 atom stereocenters. The van der Waals surface area contributed by atoms with Crippen molar-refractivity contribution in [1.82, 2.24) is 14.6 Å². The third kappa shape index (κ3) is 2.93. The maximum atomic E-state index is 6.73. The molecule has 6 rings (SSSR count). The number of hydrogen-bond acceptors (Lipinski definition) is 5. The molecule has 1 spiro atoms. The molecule has 1 fully saturated rings. The van der Waals surface area contributed by atoms with E-state index >= 15 is 0 Å². The Bertz CT molecular complexity index is 1280. The van der Waals surface area contributed by atoms with Gasteiger partial charge in [-0.15, -0.1) is 5.10 Å². The predicted molar refractivity (Wildman–Crippen MR) is 127 cm³/mol. The molecule has 0 unspecified atom stereocenters. The van der Waals surface area contributed by atoms with E-state index in [-0.39, 0.29) is 11.5 Å². The Morgan fingerprint density at radius 1 is 1.10 bits per heavy atom. The number of nitrogens with two attached hydrogens (primary N) is 1.